The van der Waals surface area contributed by atoms with Crippen molar-refractivity contribution in [2.24, 2.45) is 5.92 Å². The molecule has 0 amide bonds. The van der Waals surface area contributed by atoms with Gasteiger partial charge in [-0.15, -0.1) is 0 Å². The van der Waals surface area contributed by atoms with Crippen molar-refractivity contribution < 1.29 is 8.78 Å². The molecule has 2 unspecified atom stereocenters. The van der Waals surface area contributed by atoms with Crippen molar-refractivity contribution in [3.8, 4) is 0 Å². The van der Waals surface area contributed by atoms with E-state index < -0.39 is 6.43 Å². The van der Waals surface area contributed by atoms with Crippen LogP contribution in [-0.4, -0.2) is 42.5 Å². The van der Waals surface area contributed by atoms with Gasteiger partial charge in [0.1, 0.15) is 0 Å². The van der Waals surface area contributed by atoms with Crippen LogP contribution in [0.2, 0.25) is 0 Å². The largest absolute Gasteiger partial charge is 0.309 e. The maximum Gasteiger partial charge on any atom is 0.251 e. The lowest BCUT2D eigenvalue weighted by molar-refractivity contribution is 0.0167. The molecule has 1 N–H and O–H groups in total. The Labute approximate surface area is 104 Å². The van der Waals surface area contributed by atoms with E-state index in [4.69, 9.17) is 0 Å². The van der Waals surface area contributed by atoms with E-state index in [-0.39, 0.29) is 18.1 Å². The number of rotatable bonds is 5. The third-order valence-electron chi connectivity index (χ3n) is 3.73. The Balaban J connectivity index is 2.65. The minimum Gasteiger partial charge on any atom is -0.309 e. The Morgan fingerprint density at radius 1 is 1.41 bits per heavy atom. The van der Waals surface area contributed by atoms with E-state index in [9.17, 15) is 8.78 Å². The van der Waals surface area contributed by atoms with E-state index in [1.165, 1.54) is 0 Å². The van der Waals surface area contributed by atoms with Crippen LogP contribution in [0, 0.1) is 5.92 Å². The molecule has 2 atom stereocenters. The van der Waals surface area contributed by atoms with Crippen molar-refractivity contribution in [3.05, 3.63) is 0 Å². The highest BCUT2D eigenvalue weighted by atomic mass is 19.3. The first-order valence-electron chi connectivity index (χ1n) is 6.63. The number of nitrogens with one attached hydrogen (secondary N) is 1. The van der Waals surface area contributed by atoms with Gasteiger partial charge in [-0.05, 0) is 25.7 Å². The van der Waals surface area contributed by atoms with E-state index in [1.807, 2.05) is 4.90 Å². The van der Waals surface area contributed by atoms with Gasteiger partial charge in [0.25, 0.3) is 6.43 Å². The monoisotopic (exact) mass is 248 g/mol. The molecule has 1 rings (SSSR count). The molecule has 1 aliphatic rings. The molecule has 0 aromatic rings. The molecule has 0 saturated carbocycles. The lowest BCUT2D eigenvalue weighted by Crippen LogP contribution is -2.63. The van der Waals surface area contributed by atoms with Gasteiger partial charge in [-0.3, -0.25) is 4.90 Å². The van der Waals surface area contributed by atoms with Crippen LogP contribution < -0.4 is 5.32 Å². The molecule has 0 aromatic carbocycles. The first kappa shape index (κ1) is 14.8. The fourth-order valence-electron chi connectivity index (χ4n) is 2.53. The topological polar surface area (TPSA) is 15.3 Å². The second kappa shape index (κ2) is 6.10. The Kier molecular flexibility index (Phi) is 5.32. The van der Waals surface area contributed by atoms with Crippen molar-refractivity contribution in [1.82, 2.24) is 10.2 Å². The normalized spacial score (nSPS) is 31.4. The summed E-state index contributed by atoms with van der Waals surface area (Å²) in [6.07, 6.45) is -0.274. The summed E-state index contributed by atoms with van der Waals surface area (Å²) in [7, 11) is 0. The van der Waals surface area contributed by atoms with Gasteiger partial charge >= 0.3 is 0 Å². The average molecular weight is 248 g/mol. The maximum atomic E-state index is 12.6. The van der Waals surface area contributed by atoms with E-state index >= 15 is 0 Å². The summed E-state index contributed by atoms with van der Waals surface area (Å²) < 4.78 is 25.2. The molecule has 2 nitrogen and oxygen atoms in total. The highest BCUT2D eigenvalue weighted by Gasteiger charge is 2.35. The van der Waals surface area contributed by atoms with Gasteiger partial charge in [-0.1, -0.05) is 20.8 Å². The summed E-state index contributed by atoms with van der Waals surface area (Å²) in [5.41, 5.74) is -0.0115. The van der Waals surface area contributed by atoms with Crippen molar-refractivity contribution in [3.63, 3.8) is 0 Å². The summed E-state index contributed by atoms with van der Waals surface area (Å²) in [4.78, 5) is 1.98. The van der Waals surface area contributed by atoms with Gasteiger partial charge in [0.15, 0.2) is 0 Å². The van der Waals surface area contributed by atoms with Gasteiger partial charge in [0.2, 0.25) is 0 Å². The predicted octanol–water partition coefficient (Wildman–Crippen LogP) is 2.74. The zero-order valence-corrected chi connectivity index (χ0v) is 11.5. The van der Waals surface area contributed by atoms with Crippen LogP contribution in [0.3, 0.4) is 0 Å². The van der Waals surface area contributed by atoms with Gasteiger partial charge in [-0.25, -0.2) is 8.78 Å². The molecule has 0 bridgehead atoms. The highest BCUT2D eigenvalue weighted by Crippen LogP contribution is 2.23. The Hall–Kier alpha value is -0.220. The first-order valence-corrected chi connectivity index (χ1v) is 6.63. The molecule has 17 heavy (non-hydrogen) atoms. The smallest absolute Gasteiger partial charge is 0.251 e. The van der Waals surface area contributed by atoms with Crippen LogP contribution in [0.5, 0.6) is 0 Å². The molecule has 1 heterocycles. The summed E-state index contributed by atoms with van der Waals surface area (Å²) in [5, 5.41) is 3.52. The average Bonchev–Trinajstić information content (AvgIpc) is 2.21. The van der Waals surface area contributed by atoms with E-state index in [0.717, 1.165) is 25.9 Å². The van der Waals surface area contributed by atoms with Crippen molar-refractivity contribution >= 4 is 0 Å². The number of alkyl halides is 2. The molecule has 1 fully saturated rings. The quantitative estimate of drug-likeness (QED) is 0.805. The van der Waals surface area contributed by atoms with E-state index in [0.29, 0.717) is 5.92 Å². The Morgan fingerprint density at radius 2 is 2.06 bits per heavy atom. The molecule has 1 saturated heterocycles. The third-order valence-corrected chi connectivity index (χ3v) is 3.73. The minimum absolute atomic E-state index is 0.0115. The molecule has 0 aliphatic carbocycles. The first-order chi connectivity index (χ1) is 7.86. The van der Waals surface area contributed by atoms with Crippen LogP contribution >= 0.6 is 0 Å². The molecule has 0 aromatic heterocycles. The fraction of sp³-hybridized carbons (Fsp3) is 1.00. The second-order valence-electron chi connectivity index (χ2n) is 5.90. The summed E-state index contributed by atoms with van der Waals surface area (Å²) in [5.74, 6) is 0.549. The third kappa shape index (κ3) is 4.51. The summed E-state index contributed by atoms with van der Waals surface area (Å²) >= 11 is 0. The Morgan fingerprint density at radius 3 is 2.53 bits per heavy atom. The molecule has 0 radical (unpaired) electrons. The van der Waals surface area contributed by atoms with Gasteiger partial charge < -0.3 is 5.32 Å². The number of halogens is 2. The lowest BCUT2D eigenvalue weighted by Gasteiger charge is -2.46. The van der Waals surface area contributed by atoms with Gasteiger partial charge in [-0.2, -0.15) is 0 Å². The SMILES string of the molecule is CCC1(C)CN(CC(F)F)C(CC(C)C)CN1. The highest BCUT2D eigenvalue weighted by molar-refractivity contribution is 4.94. The molecule has 4 heteroatoms. The van der Waals surface area contributed by atoms with Crippen LogP contribution in [0.4, 0.5) is 8.78 Å². The fourth-order valence-corrected chi connectivity index (χ4v) is 2.53. The summed E-state index contributed by atoms with van der Waals surface area (Å²) in [6.45, 7) is 9.99. The van der Waals surface area contributed by atoms with Crippen molar-refractivity contribution in [2.45, 2.75) is 58.5 Å². The molecular formula is C13H26F2N2. The molecular weight excluding hydrogens is 222 g/mol. The number of hydrogen-bond donors (Lipinski definition) is 1. The van der Waals surface area contributed by atoms with Gasteiger partial charge in [0.05, 0.1) is 6.54 Å². The lowest BCUT2D eigenvalue weighted by atomic mass is 9.91. The van der Waals surface area contributed by atoms with Crippen LogP contribution in [0.1, 0.15) is 40.5 Å². The number of hydrogen-bond acceptors (Lipinski definition) is 2. The number of piperazine rings is 1. The van der Waals surface area contributed by atoms with E-state index in [2.05, 4.69) is 33.0 Å². The molecule has 0 spiro atoms. The van der Waals surface area contributed by atoms with Crippen molar-refractivity contribution in [2.75, 3.05) is 19.6 Å². The summed E-state index contributed by atoms with van der Waals surface area (Å²) in [6, 6.07) is 0.253. The van der Waals surface area contributed by atoms with Crippen LogP contribution in [-0.2, 0) is 0 Å². The standard InChI is InChI=1S/C13H26F2N2/c1-5-13(4)9-17(8-12(14)15)11(7-16-13)6-10(2)3/h10-12,16H,5-9H2,1-4H3. The predicted molar refractivity (Wildman–Crippen MR) is 67.5 cm³/mol. The minimum atomic E-state index is -2.23. The molecule has 1 aliphatic heterocycles. The zero-order valence-electron chi connectivity index (χ0n) is 11.5. The maximum absolute atomic E-state index is 12.6. The van der Waals surface area contributed by atoms with Crippen LogP contribution in [0.25, 0.3) is 0 Å². The van der Waals surface area contributed by atoms with E-state index in [1.54, 1.807) is 0 Å². The molecule has 102 valence electrons. The Bertz CT molecular complexity index is 233. The van der Waals surface area contributed by atoms with Crippen molar-refractivity contribution in [1.29, 1.82) is 0 Å². The van der Waals surface area contributed by atoms with Gasteiger partial charge in [0, 0.05) is 24.7 Å². The second-order valence-corrected chi connectivity index (χ2v) is 5.90. The number of nitrogens with zero attached hydrogens (tertiary/aromatic N) is 1. The van der Waals surface area contributed by atoms with Crippen LogP contribution in [0.15, 0.2) is 0 Å². The zero-order chi connectivity index (χ0) is 13.1.